The van der Waals surface area contributed by atoms with E-state index in [1.54, 1.807) is 6.92 Å². The molecule has 84 valence electrons. The molecule has 0 bridgehead atoms. The van der Waals surface area contributed by atoms with E-state index in [1.165, 1.54) is 6.92 Å². The van der Waals surface area contributed by atoms with Gasteiger partial charge in [-0.3, -0.25) is 14.5 Å². The number of hydrogen-bond acceptors (Lipinski definition) is 3. The van der Waals surface area contributed by atoms with Crippen molar-refractivity contribution < 1.29 is 14.4 Å². The lowest BCUT2D eigenvalue weighted by molar-refractivity contribution is -0.131. The molecule has 0 aromatic heterocycles. The quantitative estimate of drug-likeness (QED) is 0.697. The molecule has 1 fully saturated rings. The highest BCUT2D eigenvalue weighted by Gasteiger charge is 2.46. The molecule has 1 atom stereocenters. The zero-order valence-electron chi connectivity index (χ0n) is 9.29. The van der Waals surface area contributed by atoms with E-state index in [0.29, 0.717) is 6.42 Å². The normalized spacial score (nSPS) is 25.7. The minimum Gasteiger partial charge on any atom is -0.323 e. The van der Waals surface area contributed by atoms with Crippen molar-refractivity contribution in [2.45, 2.75) is 39.2 Å². The average Bonchev–Trinajstić information content (AvgIpc) is 2.37. The van der Waals surface area contributed by atoms with E-state index >= 15 is 0 Å². The number of amides is 3. The molecule has 1 heterocycles. The summed E-state index contributed by atoms with van der Waals surface area (Å²) in [7, 11) is 0. The molecule has 0 aliphatic carbocycles. The molecular weight excluding hydrogens is 196 g/mol. The number of urea groups is 1. The van der Waals surface area contributed by atoms with Gasteiger partial charge in [0.25, 0.3) is 5.91 Å². The summed E-state index contributed by atoms with van der Waals surface area (Å²) in [4.78, 5) is 35.2. The van der Waals surface area contributed by atoms with Gasteiger partial charge in [0.1, 0.15) is 11.3 Å². The highest BCUT2D eigenvalue weighted by Crippen LogP contribution is 2.20. The highest BCUT2D eigenvalue weighted by atomic mass is 16.2. The first-order valence-corrected chi connectivity index (χ1v) is 5.04. The Hall–Kier alpha value is -1.39. The van der Waals surface area contributed by atoms with Crippen LogP contribution < -0.4 is 5.32 Å². The van der Waals surface area contributed by atoms with Crippen LogP contribution in [0.4, 0.5) is 4.79 Å². The first-order chi connectivity index (χ1) is 6.90. The zero-order chi connectivity index (χ0) is 11.6. The number of carbonyl (C=O) groups is 3. The first kappa shape index (κ1) is 11.7. The van der Waals surface area contributed by atoms with E-state index < -0.39 is 11.6 Å². The third kappa shape index (κ3) is 2.16. The van der Waals surface area contributed by atoms with Crippen molar-refractivity contribution in [3.8, 4) is 0 Å². The molecule has 5 heteroatoms. The molecule has 0 aromatic rings. The van der Waals surface area contributed by atoms with Crippen molar-refractivity contribution in [1.29, 1.82) is 0 Å². The third-order valence-corrected chi connectivity index (χ3v) is 2.74. The lowest BCUT2D eigenvalue weighted by atomic mass is 9.99. The monoisotopic (exact) mass is 212 g/mol. The van der Waals surface area contributed by atoms with E-state index in [-0.39, 0.29) is 24.7 Å². The van der Waals surface area contributed by atoms with Crippen molar-refractivity contribution in [2.75, 3.05) is 6.54 Å². The highest BCUT2D eigenvalue weighted by molar-refractivity contribution is 6.06. The van der Waals surface area contributed by atoms with E-state index in [1.807, 2.05) is 6.92 Å². The summed E-state index contributed by atoms with van der Waals surface area (Å²) < 4.78 is 0. The Morgan fingerprint density at radius 1 is 1.47 bits per heavy atom. The van der Waals surface area contributed by atoms with Gasteiger partial charge in [0, 0.05) is 13.0 Å². The Kier molecular flexibility index (Phi) is 3.12. The number of nitrogens with one attached hydrogen (secondary N) is 1. The van der Waals surface area contributed by atoms with Gasteiger partial charge in [0.2, 0.25) is 0 Å². The number of imide groups is 1. The van der Waals surface area contributed by atoms with Gasteiger partial charge in [-0.05, 0) is 20.3 Å². The van der Waals surface area contributed by atoms with Crippen molar-refractivity contribution in [3.63, 3.8) is 0 Å². The molecule has 0 radical (unpaired) electrons. The zero-order valence-corrected chi connectivity index (χ0v) is 9.29. The molecule has 15 heavy (non-hydrogen) atoms. The van der Waals surface area contributed by atoms with E-state index in [4.69, 9.17) is 0 Å². The Morgan fingerprint density at radius 2 is 2.07 bits per heavy atom. The van der Waals surface area contributed by atoms with Crippen LogP contribution in [0.25, 0.3) is 0 Å². The maximum Gasteiger partial charge on any atom is 0.325 e. The van der Waals surface area contributed by atoms with Crippen LogP contribution >= 0.6 is 0 Å². The van der Waals surface area contributed by atoms with Gasteiger partial charge in [-0.15, -0.1) is 0 Å². The Balaban J connectivity index is 2.71. The number of carbonyl (C=O) groups excluding carboxylic acids is 3. The van der Waals surface area contributed by atoms with Crippen molar-refractivity contribution in [2.24, 2.45) is 0 Å². The number of ketones is 1. The number of hydrogen-bond donors (Lipinski definition) is 1. The van der Waals surface area contributed by atoms with Gasteiger partial charge in [-0.25, -0.2) is 4.79 Å². The van der Waals surface area contributed by atoms with Crippen LogP contribution in [0.15, 0.2) is 0 Å². The van der Waals surface area contributed by atoms with Gasteiger partial charge < -0.3 is 5.32 Å². The SMILES string of the molecule is CCC1(C)NC(=O)N(CCC(C)=O)C1=O. The Labute approximate surface area is 88.8 Å². The third-order valence-electron chi connectivity index (χ3n) is 2.74. The molecule has 1 unspecified atom stereocenters. The van der Waals surface area contributed by atoms with Crippen LogP contribution in [0, 0.1) is 0 Å². The number of Topliss-reactive ketones (excluding diaryl/α,β-unsaturated/α-hetero) is 1. The molecule has 1 aliphatic heterocycles. The Bertz CT molecular complexity index is 314. The van der Waals surface area contributed by atoms with Gasteiger partial charge in [0.15, 0.2) is 0 Å². The number of nitrogens with zero attached hydrogens (tertiary/aromatic N) is 1. The van der Waals surface area contributed by atoms with Gasteiger partial charge >= 0.3 is 6.03 Å². The summed E-state index contributed by atoms with van der Waals surface area (Å²) >= 11 is 0. The van der Waals surface area contributed by atoms with Crippen LogP contribution in [-0.4, -0.2) is 34.7 Å². The maximum absolute atomic E-state index is 11.8. The van der Waals surface area contributed by atoms with Crippen molar-refractivity contribution in [1.82, 2.24) is 10.2 Å². The fourth-order valence-corrected chi connectivity index (χ4v) is 1.46. The fraction of sp³-hybridized carbons (Fsp3) is 0.700. The average molecular weight is 212 g/mol. The summed E-state index contributed by atoms with van der Waals surface area (Å²) in [5.74, 6) is -0.267. The van der Waals surface area contributed by atoms with Gasteiger partial charge in [-0.1, -0.05) is 6.92 Å². The molecule has 0 spiro atoms. The van der Waals surface area contributed by atoms with Crippen molar-refractivity contribution >= 4 is 17.7 Å². The van der Waals surface area contributed by atoms with Gasteiger partial charge in [0.05, 0.1) is 0 Å². The maximum atomic E-state index is 11.8. The smallest absolute Gasteiger partial charge is 0.323 e. The Morgan fingerprint density at radius 3 is 2.47 bits per heavy atom. The second-order valence-electron chi connectivity index (χ2n) is 4.02. The minimum atomic E-state index is -0.798. The van der Waals surface area contributed by atoms with E-state index in [9.17, 15) is 14.4 Å². The van der Waals surface area contributed by atoms with Crippen LogP contribution in [0.5, 0.6) is 0 Å². The molecule has 0 aromatic carbocycles. The summed E-state index contributed by atoms with van der Waals surface area (Å²) in [5, 5.41) is 2.63. The molecule has 1 rings (SSSR count). The predicted octanol–water partition coefficient (Wildman–Crippen LogP) is 0.686. The van der Waals surface area contributed by atoms with Crippen molar-refractivity contribution in [3.05, 3.63) is 0 Å². The van der Waals surface area contributed by atoms with Crippen LogP contribution in [-0.2, 0) is 9.59 Å². The summed E-state index contributed by atoms with van der Waals surface area (Å²) in [6, 6.07) is -0.398. The molecule has 0 saturated carbocycles. The molecule has 5 nitrogen and oxygen atoms in total. The lowest BCUT2D eigenvalue weighted by Crippen LogP contribution is -2.43. The van der Waals surface area contributed by atoms with Gasteiger partial charge in [-0.2, -0.15) is 0 Å². The summed E-state index contributed by atoms with van der Waals surface area (Å²) in [6.45, 7) is 5.15. The molecule has 1 saturated heterocycles. The fourth-order valence-electron chi connectivity index (χ4n) is 1.46. The predicted molar refractivity (Wildman–Crippen MR) is 54.2 cm³/mol. The largest absolute Gasteiger partial charge is 0.325 e. The molecule has 1 aliphatic rings. The molecule has 1 N–H and O–H groups in total. The lowest BCUT2D eigenvalue weighted by Gasteiger charge is -2.18. The van der Waals surface area contributed by atoms with Crippen LogP contribution in [0.1, 0.15) is 33.6 Å². The van der Waals surface area contributed by atoms with E-state index in [0.717, 1.165) is 4.90 Å². The second-order valence-corrected chi connectivity index (χ2v) is 4.02. The summed E-state index contributed by atoms with van der Waals surface area (Å²) in [6.07, 6.45) is 0.771. The molecule has 3 amide bonds. The topological polar surface area (TPSA) is 66.5 Å². The number of rotatable bonds is 4. The van der Waals surface area contributed by atoms with E-state index in [2.05, 4.69) is 5.32 Å². The summed E-state index contributed by atoms with van der Waals surface area (Å²) in [5.41, 5.74) is -0.798. The van der Waals surface area contributed by atoms with Crippen LogP contribution in [0.2, 0.25) is 0 Å². The second kappa shape index (κ2) is 4.00. The molecular formula is C10H16N2O3. The minimum absolute atomic E-state index is 0.0271. The standard InChI is InChI=1S/C10H16N2O3/c1-4-10(3)8(14)12(9(15)11-10)6-5-7(2)13/h4-6H2,1-3H3,(H,11,15). The van der Waals surface area contributed by atoms with Crippen LogP contribution in [0.3, 0.4) is 0 Å². The first-order valence-electron chi connectivity index (χ1n) is 5.04.